The lowest BCUT2D eigenvalue weighted by molar-refractivity contribution is -0.137. The van der Waals surface area contributed by atoms with Crippen LogP contribution in [0.5, 0.6) is 0 Å². The highest BCUT2D eigenvalue weighted by atomic mass is 19.1. The van der Waals surface area contributed by atoms with Crippen LogP contribution in [0.4, 0.5) is 4.39 Å². The summed E-state index contributed by atoms with van der Waals surface area (Å²) in [5.74, 6) is -0.452. The minimum Gasteiger partial charge on any atom is -0.465 e. The highest BCUT2D eigenvalue weighted by Crippen LogP contribution is 2.44. The summed E-state index contributed by atoms with van der Waals surface area (Å²) in [6.07, 6.45) is 3.08. The summed E-state index contributed by atoms with van der Waals surface area (Å²) in [5.41, 5.74) is 3.80. The lowest BCUT2D eigenvalue weighted by Crippen LogP contribution is -2.38. The van der Waals surface area contributed by atoms with Crippen LogP contribution in [-0.4, -0.2) is 30.4 Å². The molecule has 1 aliphatic heterocycles. The van der Waals surface area contributed by atoms with Gasteiger partial charge in [-0.2, -0.15) is 0 Å². The second-order valence-electron chi connectivity index (χ2n) is 7.99. The Morgan fingerprint density at radius 2 is 2.00 bits per heavy atom. The summed E-state index contributed by atoms with van der Waals surface area (Å²) >= 11 is 0. The van der Waals surface area contributed by atoms with Crippen LogP contribution in [0.3, 0.4) is 0 Å². The quantitative estimate of drug-likeness (QED) is 0.759. The van der Waals surface area contributed by atoms with Crippen molar-refractivity contribution in [3.63, 3.8) is 0 Å². The second kappa shape index (κ2) is 7.04. The van der Waals surface area contributed by atoms with E-state index in [2.05, 4.69) is 0 Å². The molecule has 0 aromatic heterocycles. The van der Waals surface area contributed by atoms with Crippen molar-refractivity contribution in [1.29, 1.82) is 0 Å². The van der Waals surface area contributed by atoms with E-state index in [1.54, 1.807) is 19.1 Å². The van der Waals surface area contributed by atoms with Gasteiger partial charge in [0.05, 0.1) is 18.1 Å². The van der Waals surface area contributed by atoms with Crippen molar-refractivity contribution in [1.82, 2.24) is 4.90 Å². The molecule has 5 heteroatoms. The molecule has 1 fully saturated rings. The van der Waals surface area contributed by atoms with Gasteiger partial charge < -0.3 is 9.64 Å². The number of nitrogens with zero attached hydrogens (tertiary/aromatic N) is 1. The van der Waals surface area contributed by atoms with Crippen LogP contribution >= 0.6 is 0 Å². The summed E-state index contributed by atoms with van der Waals surface area (Å²) < 4.78 is 18.7. The number of rotatable bonds is 3. The van der Waals surface area contributed by atoms with Gasteiger partial charge in [0.2, 0.25) is 5.91 Å². The molecule has 4 nitrogen and oxygen atoms in total. The molecule has 1 heterocycles. The van der Waals surface area contributed by atoms with Crippen molar-refractivity contribution in [3.05, 3.63) is 70.0 Å². The lowest BCUT2D eigenvalue weighted by Gasteiger charge is -2.33. The Kier molecular flexibility index (Phi) is 4.69. The fourth-order valence-electron chi connectivity index (χ4n) is 4.50. The van der Waals surface area contributed by atoms with Crippen LogP contribution in [0.15, 0.2) is 36.4 Å². The SMILES string of the molecule is COC(=O)c1ccc2c(c1)C[C@]1(CC2)CCN(Cc2ccc(C)c(F)c2)C1=O. The molecule has 146 valence electrons. The van der Waals surface area contributed by atoms with E-state index >= 15 is 0 Å². The predicted molar refractivity (Wildman–Crippen MR) is 103 cm³/mol. The minimum atomic E-state index is -0.412. The Balaban J connectivity index is 1.54. The van der Waals surface area contributed by atoms with E-state index in [0.29, 0.717) is 30.6 Å². The highest BCUT2D eigenvalue weighted by Gasteiger charge is 2.48. The van der Waals surface area contributed by atoms with Crippen LogP contribution in [0.25, 0.3) is 0 Å². The first-order chi connectivity index (χ1) is 13.4. The molecule has 0 unspecified atom stereocenters. The largest absolute Gasteiger partial charge is 0.465 e. The number of carbonyl (C=O) groups is 2. The molecule has 2 aromatic rings. The van der Waals surface area contributed by atoms with E-state index in [9.17, 15) is 14.0 Å². The molecule has 28 heavy (non-hydrogen) atoms. The fraction of sp³-hybridized carbons (Fsp3) is 0.391. The maximum atomic E-state index is 13.9. The Morgan fingerprint density at radius 3 is 2.75 bits per heavy atom. The van der Waals surface area contributed by atoms with E-state index in [0.717, 1.165) is 30.4 Å². The number of benzene rings is 2. The van der Waals surface area contributed by atoms with Gasteiger partial charge >= 0.3 is 5.97 Å². The van der Waals surface area contributed by atoms with Crippen LogP contribution < -0.4 is 0 Å². The number of carbonyl (C=O) groups excluding carboxylic acids is 2. The molecule has 1 saturated heterocycles. The van der Waals surface area contributed by atoms with E-state index in [4.69, 9.17) is 4.74 Å². The summed E-state index contributed by atoms with van der Waals surface area (Å²) in [4.78, 5) is 27.0. The first kappa shape index (κ1) is 18.7. The van der Waals surface area contributed by atoms with Crippen molar-refractivity contribution in [2.24, 2.45) is 5.41 Å². The number of fused-ring (bicyclic) bond motifs is 1. The maximum absolute atomic E-state index is 13.9. The van der Waals surface area contributed by atoms with E-state index < -0.39 is 5.41 Å². The Morgan fingerprint density at radius 1 is 1.18 bits per heavy atom. The van der Waals surface area contributed by atoms with Gasteiger partial charge in [0.1, 0.15) is 5.82 Å². The fourth-order valence-corrected chi connectivity index (χ4v) is 4.50. The molecule has 1 atom stereocenters. The van der Waals surface area contributed by atoms with Gasteiger partial charge in [-0.15, -0.1) is 0 Å². The maximum Gasteiger partial charge on any atom is 0.337 e. The molecule has 0 radical (unpaired) electrons. The van der Waals surface area contributed by atoms with Crippen molar-refractivity contribution in [3.8, 4) is 0 Å². The number of hydrogen-bond acceptors (Lipinski definition) is 3. The van der Waals surface area contributed by atoms with Crippen molar-refractivity contribution in [2.45, 2.75) is 39.2 Å². The molecular weight excluding hydrogens is 357 g/mol. The van der Waals surface area contributed by atoms with Crippen molar-refractivity contribution >= 4 is 11.9 Å². The number of hydrogen-bond donors (Lipinski definition) is 0. The predicted octanol–water partition coefficient (Wildman–Crippen LogP) is 3.83. The van der Waals surface area contributed by atoms with Gasteiger partial charge in [-0.05, 0) is 73.1 Å². The average Bonchev–Trinajstić information content (AvgIpc) is 2.99. The monoisotopic (exact) mass is 381 g/mol. The normalized spacial score (nSPS) is 21.1. The molecule has 4 rings (SSSR count). The molecule has 0 bridgehead atoms. The van der Waals surface area contributed by atoms with Gasteiger partial charge in [-0.3, -0.25) is 4.79 Å². The standard InChI is InChI=1S/C23H24FNO3/c1-15-3-4-16(11-20(15)24)14-25-10-9-23(22(25)27)8-7-17-5-6-18(21(26)28-2)12-19(17)13-23/h3-6,11-12H,7-10,13-14H2,1-2H3/t23-/m0/s1. The first-order valence-electron chi connectivity index (χ1n) is 9.66. The van der Waals surface area contributed by atoms with Crippen LogP contribution in [0.2, 0.25) is 0 Å². The van der Waals surface area contributed by atoms with E-state index in [1.807, 2.05) is 23.1 Å². The number of likely N-dealkylation sites (tertiary alicyclic amines) is 1. The van der Waals surface area contributed by atoms with Gasteiger partial charge in [-0.1, -0.05) is 18.2 Å². The zero-order valence-corrected chi connectivity index (χ0v) is 16.3. The number of amides is 1. The van der Waals surface area contributed by atoms with E-state index in [1.165, 1.54) is 18.7 Å². The van der Waals surface area contributed by atoms with Crippen LogP contribution in [0.1, 0.15) is 45.5 Å². The molecule has 1 amide bonds. The van der Waals surface area contributed by atoms with Gasteiger partial charge in [0.25, 0.3) is 0 Å². The first-order valence-corrected chi connectivity index (χ1v) is 9.66. The lowest BCUT2D eigenvalue weighted by atomic mass is 9.70. The zero-order chi connectivity index (χ0) is 19.9. The average molecular weight is 381 g/mol. The Bertz CT molecular complexity index is 955. The molecule has 1 aliphatic carbocycles. The third-order valence-corrected chi connectivity index (χ3v) is 6.24. The highest BCUT2D eigenvalue weighted by molar-refractivity contribution is 5.90. The van der Waals surface area contributed by atoms with Gasteiger partial charge in [-0.25, -0.2) is 9.18 Å². The Hall–Kier alpha value is -2.69. The number of methoxy groups -OCH3 is 1. The number of aryl methyl sites for hydroxylation is 2. The summed E-state index contributed by atoms with van der Waals surface area (Å²) in [5, 5.41) is 0. The smallest absolute Gasteiger partial charge is 0.337 e. The van der Waals surface area contributed by atoms with Gasteiger partial charge in [0.15, 0.2) is 0 Å². The molecule has 1 spiro atoms. The topological polar surface area (TPSA) is 46.6 Å². The molecule has 2 aromatic carbocycles. The molecule has 0 saturated carbocycles. The molecule has 0 N–H and O–H groups in total. The number of ether oxygens (including phenoxy) is 1. The zero-order valence-electron chi connectivity index (χ0n) is 16.3. The summed E-state index contributed by atoms with van der Waals surface area (Å²) in [6.45, 7) is 2.85. The molecular formula is C23H24FNO3. The number of esters is 1. The van der Waals surface area contributed by atoms with Crippen LogP contribution in [0, 0.1) is 18.2 Å². The van der Waals surface area contributed by atoms with Crippen LogP contribution in [-0.2, 0) is 28.9 Å². The number of halogens is 1. The van der Waals surface area contributed by atoms with Crippen molar-refractivity contribution < 1.29 is 18.7 Å². The Labute approximate surface area is 164 Å². The second-order valence-corrected chi connectivity index (χ2v) is 7.99. The van der Waals surface area contributed by atoms with Gasteiger partial charge in [0, 0.05) is 13.1 Å². The van der Waals surface area contributed by atoms with Crippen molar-refractivity contribution in [2.75, 3.05) is 13.7 Å². The molecule has 2 aliphatic rings. The minimum absolute atomic E-state index is 0.141. The summed E-state index contributed by atoms with van der Waals surface area (Å²) in [7, 11) is 1.37. The third-order valence-electron chi connectivity index (χ3n) is 6.24. The van der Waals surface area contributed by atoms with E-state index in [-0.39, 0.29) is 17.7 Å². The third kappa shape index (κ3) is 3.19. The summed E-state index contributed by atoms with van der Waals surface area (Å²) in [6, 6.07) is 10.8.